The van der Waals surface area contributed by atoms with Crippen molar-refractivity contribution in [1.29, 1.82) is 0 Å². The lowest BCUT2D eigenvalue weighted by Crippen LogP contribution is -1.88. The Hall–Kier alpha value is -0.880. The first-order chi connectivity index (χ1) is 5.63. The van der Waals surface area contributed by atoms with Crippen LogP contribution in [0.2, 0.25) is 0 Å². The molecule has 0 spiro atoms. The molecule has 0 aliphatic rings. The van der Waals surface area contributed by atoms with Crippen LogP contribution in [0.25, 0.3) is 4.85 Å². The summed E-state index contributed by atoms with van der Waals surface area (Å²) in [6.07, 6.45) is 0. The molecule has 0 saturated carbocycles. The first-order valence-electron chi connectivity index (χ1n) is 3.46. The maximum atomic E-state index is 12.8. The summed E-state index contributed by atoms with van der Waals surface area (Å²) in [5, 5.41) is 0. The highest BCUT2D eigenvalue weighted by molar-refractivity contribution is 9.10. The fourth-order valence-corrected chi connectivity index (χ4v) is 1.37. The van der Waals surface area contributed by atoms with Crippen LogP contribution in [-0.2, 0) is 0 Å². The van der Waals surface area contributed by atoms with Gasteiger partial charge in [0.05, 0.1) is 0 Å². The Bertz CT molecular complexity index is 310. The van der Waals surface area contributed by atoms with Crippen LogP contribution in [0.4, 0.5) is 4.39 Å². The molecule has 0 aromatic heterocycles. The molecule has 1 unspecified atom stereocenters. The maximum Gasteiger partial charge on any atom is 0.246 e. The van der Waals surface area contributed by atoms with Crippen molar-refractivity contribution < 1.29 is 4.39 Å². The van der Waals surface area contributed by atoms with Crippen molar-refractivity contribution in [2.75, 3.05) is 0 Å². The molecule has 0 aliphatic heterocycles. The highest BCUT2D eigenvalue weighted by Gasteiger charge is 2.09. The molecule has 1 nitrogen and oxygen atoms in total. The topological polar surface area (TPSA) is 4.36 Å². The summed E-state index contributed by atoms with van der Waals surface area (Å²) in [6.45, 7) is 8.52. The molecule has 1 atom stereocenters. The monoisotopic (exact) mass is 227 g/mol. The number of halogens is 2. The van der Waals surface area contributed by atoms with Crippen molar-refractivity contribution in [2.45, 2.75) is 13.0 Å². The van der Waals surface area contributed by atoms with Gasteiger partial charge < -0.3 is 4.85 Å². The molecule has 1 rings (SSSR count). The fraction of sp³-hybridized carbons (Fsp3) is 0.222. The van der Waals surface area contributed by atoms with Gasteiger partial charge in [-0.1, -0.05) is 15.9 Å². The van der Waals surface area contributed by atoms with E-state index in [9.17, 15) is 4.39 Å². The third-order valence-corrected chi connectivity index (χ3v) is 2.02. The average Bonchev–Trinajstić information content (AvgIpc) is 2.01. The molecule has 1 aromatic rings. The summed E-state index contributed by atoms with van der Waals surface area (Å²) in [7, 11) is 0. The van der Waals surface area contributed by atoms with Gasteiger partial charge in [-0.3, -0.25) is 0 Å². The normalized spacial score (nSPS) is 12.2. The molecule has 0 heterocycles. The highest BCUT2D eigenvalue weighted by Crippen LogP contribution is 2.22. The van der Waals surface area contributed by atoms with Gasteiger partial charge in [-0.15, -0.1) is 0 Å². The summed E-state index contributed by atoms with van der Waals surface area (Å²) in [5.74, 6) is -0.310. The van der Waals surface area contributed by atoms with Gasteiger partial charge in [-0.25, -0.2) is 11.0 Å². The molecule has 0 bridgehead atoms. The Balaban J connectivity index is 3.10. The largest absolute Gasteiger partial charge is 0.309 e. The van der Waals surface area contributed by atoms with Gasteiger partial charge in [0.1, 0.15) is 5.82 Å². The van der Waals surface area contributed by atoms with E-state index in [0.717, 1.165) is 0 Å². The first kappa shape index (κ1) is 9.21. The number of nitrogens with zero attached hydrogens (tertiary/aromatic N) is 1. The van der Waals surface area contributed by atoms with Crippen molar-refractivity contribution in [3.63, 3.8) is 0 Å². The van der Waals surface area contributed by atoms with Crippen LogP contribution in [0.5, 0.6) is 0 Å². The standard InChI is InChI=1S/C9H7BrFN/c1-6(12-2)7-3-8(10)5-9(11)4-7/h3-6H,1H3. The van der Waals surface area contributed by atoms with Gasteiger partial charge in [0, 0.05) is 17.0 Å². The van der Waals surface area contributed by atoms with Crippen LogP contribution in [0, 0.1) is 12.4 Å². The van der Waals surface area contributed by atoms with E-state index in [-0.39, 0.29) is 11.9 Å². The predicted octanol–water partition coefficient (Wildman–Crippen LogP) is 3.57. The summed E-state index contributed by atoms with van der Waals surface area (Å²) in [6, 6.07) is 4.23. The van der Waals surface area contributed by atoms with E-state index in [1.54, 1.807) is 13.0 Å². The molecule has 0 N–H and O–H groups in total. The zero-order valence-corrected chi connectivity index (χ0v) is 8.10. The van der Waals surface area contributed by atoms with E-state index in [2.05, 4.69) is 20.8 Å². The second-order valence-electron chi connectivity index (χ2n) is 2.51. The third kappa shape index (κ3) is 2.05. The van der Waals surface area contributed by atoms with E-state index < -0.39 is 0 Å². The Labute approximate surface area is 79.2 Å². The SMILES string of the molecule is [C-]#[N+]C(C)c1cc(F)cc(Br)c1. The first-order valence-corrected chi connectivity index (χ1v) is 4.25. The summed E-state index contributed by atoms with van der Waals surface area (Å²) >= 11 is 3.17. The smallest absolute Gasteiger partial charge is 0.246 e. The molecule has 0 saturated heterocycles. The van der Waals surface area contributed by atoms with E-state index in [0.29, 0.717) is 10.0 Å². The lowest BCUT2D eigenvalue weighted by Gasteiger charge is -2.00. The second-order valence-corrected chi connectivity index (χ2v) is 3.42. The average molecular weight is 228 g/mol. The number of hydrogen-bond donors (Lipinski definition) is 0. The molecule has 0 aliphatic carbocycles. The Morgan fingerprint density at radius 1 is 1.50 bits per heavy atom. The lowest BCUT2D eigenvalue weighted by atomic mass is 10.1. The van der Waals surface area contributed by atoms with Crippen molar-refractivity contribution >= 4 is 15.9 Å². The second kappa shape index (κ2) is 3.68. The van der Waals surface area contributed by atoms with Crippen molar-refractivity contribution in [1.82, 2.24) is 0 Å². The molecule has 0 fully saturated rings. The summed E-state index contributed by atoms with van der Waals surface area (Å²) in [4.78, 5) is 3.30. The van der Waals surface area contributed by atoms with E-state index in [1.165, 1.54) is 12.1 Å². The molecule has 3 heteroatoms. The van der Waals surface area contributed by atoms with Crippen molar-refractivity contribution in [3.05, 3.63) is 45.5 Å². The molecule has 0 radical (unpaired) electrons. The minimum Gasteiger partial charge on any atom is -0.309 e. The van der Waals surface area contributed by atoms with Crippen molar-refractivity contribution in [2.24, 2.45) is 0 Å². The minimum absolute atomic E-state index is 0.281. The van der Waals surface area contributed by atoms with Gasteiger partial charge in [-0.05, 0) is 18.2 Å². The minimum atomic E-state index is -0.310. The Morgan fingerprint density at radius 3 is 2.67 bits per heavy atom. The van der Waals surface area contributed by atoms with Gasteiger partial charge in [0.15, 0.2) is 0 Å². The van der Waals surface area contributed by atoms with Crippen LogP contribution in [-0.4, -0.2) is 0 Å². The summed E-state index contributed by atoms with van der Waals surface area (Å²) < 4.78 is 13.5. The molecular formula is C9H7BrFN. The highest BCUT2D eigenvalue weighted by atomic mass is 79.9. The van der Waals surface area contributed by atoms with E-state index in [1.807, 2.05) is 0 Å². The number of hydrogen-bond acceptors (Lipinski definition) is 0. The Morgan fingerprint density at radius 2 is 2.17 bits per heavy atom. The van der Waals surface area contributed by atoms with Crippen LogP contribution in [0.1, 0.15) is 18.5 Å². The number of rotatable bonds is 1. The summed E-state index contributed by atoms with van der Waals surface area (Å²) in [5.41, 5.74) is 0.705. The maximum absolute atomic E-state index is 12.8. The zero-order chi connectivity index (χ0) is 9.14. The van der Waals surface area contributed by atoms with Gasteiger partial charge in [0.2, 0.25) is 6.04 Å². The Kier molecular flexibility index (Phi) is 2.83. The van der Waals surface area contributed by atoms with Crippen molar-refractivity contribution in [3.8, 4) is 0 Å². The zero-order valence-electron chi connectivity index (χ0n) is 6.51. The van der Waals surface area contributed by atoms with Gasteiger partial charge >= 0.3 is 0 Å². The number of benzene rings is 1. The van der Waals surface area contributed by atoms with E-state index in [4.69, 9.17) is 6.57 Å². The molecule has 1 aromatic carbocycles. The molecule has 0 amide bonds. The third-order valence-electron chi connectivity index (χ3n) is 1.56. The van der Waals surface area contributed by atoms with Crippen LogP contribution >= 0.6 is 15.9 Å². The van der Waals surface area contributed by atoms with Crippen LogP contribution in [0.3, 0.4) is 0 Å². The lowest BCUT2D eigenvalue weighted by molar-refractivity contribution is 0.623. The quantitative estimate of drug-likeness (QED) is 0.647. The van der Waals surface area contributed by atoms with Crippen LogP contribution in [0.15, 0.2) is 22.7 Å². The van der Waals surface area contributed by atoms with Gasteiger partial charge in [-0.2, -0.15) is 0 Å². The fourth-order valence-electron chi connectivity index (χ4n) is 0.891. The molecule has 12 heavy (non-hydrogen) atoms. The van der Waals surface area contributed by atoms with Gasteiger partial charge in [0.25, 0.3) is 0 Å². The van der Waals surface area contributed by atoms with Crippen LogP contribution < -0.4 is 0 Å². The molecule has 62 valence electrons. The molecular weight excluding hydrogens is 221 g/mol. The van der Waals surface area contributed by atoms with E-state index >= 15 is 0 Å². The predicted molar refractivity (Wildman–Crippen MR) is 49.1 cm³/mol.